The molecule has 2 aliphatic rings. The number of hydrogen-bond donors (Lipinski definition) is 0. The number of aryl methyl sites for hydroxylation is 1. The third-order valence-corrected chi connectivity index (χ3v) is 4.59. The molecule has 1 atom stereocenters. The van der Waals surface area contributed by atoms with Gasteiger partial charge in [0.15, 0.2) is 0 Å². The molecule has 0 radical (unpaired) electrons. The monoisotopic (exact) mass is 310 g/mol. The molecule has 2 fully saturated rings. The summed E-state index contributed by atoms with van der Waals surface area (Å²) in [6, 6.07) is 0. The van der Waals surface area contributed by atoms with Gasteiger partial charge in [0, 0.05) is 32.8 Å². The summed E-state index contributed by atoms with van der Waals surface area (Å²) < 4.78 is 9.46. The van der Waals surface area contributed by atoms with Crippen molar-refractivity contribution in [3.8, 4) is 0 Å². The maximum Gasteiger partial charge on any atom is 0.284 e. The Labute approximate surface area is 127 Å². The first kappa shape index (κ1) is 14.4. The van der Waals surface area contributed by atoms with Gasteiger partial charge < -0.3 is 14.5 Å². The lowest BCUT2D eigenvalue weighted by Gasteiger charge is -2.35. The van der Waals surface area contributed by atoms with Crippen molar-refractivity contribution in [1.29, 1.82) is 0 Å². The Bertz CT molecular complexity index is 533. The first-order valence-corrected chi connectivity index (χ1v) is 7.92. The van der Waals surface area contributed by atoms with Gasteiger partial charge in [0.1, 0.15) is 11.9 Å². The van der Waals surface area contributed by atoms with E-state index in [-0.39, 0.29) is 17.9 Å². The Morgan fingerprint density at radius 1 is 1.24 bits per heavy atom. The van der Waals surface area contributed by atoms with Crippen LogP contribution in [0.2, 0.25) is 0 Å². The number of carbonyl (C=O) groups is 2. The van der Waals surface area contributed by atoms with Crippen LogP contribution in [0.5, 0.6) is 0 Å². The van der Waals surface area contributed by atoms with Gasteiger partial charge in [0.05, 0.1) is 0 Å². The zero-order valence-electron chi connectivity index (χ0n) is 11.9. The molecular weight excluding hydrogens is 292 g/mol. The van der Waals surface area contributed by atoms with Crippen LogP contribution in [-0.2, 0) is 9.53 Å². The van der Waals surface area contributed by atoms with E-state index in [4.69, 9.17) is 4.74 Å². The molecule has 2 aliphatic heterocycles. The highest BCUT2D eigenvalue weighted by Gasteiger charge is 2.32. The second-order valence-corrected chi connectivity index (χ2v) is 6.02. The van der Waals surface area contributed by atoms with Gasteiger partial charge in [0.2, 0.25) is 5.01 Å². The van der Waals surface area contributed by atoms with E-state index in [2.05, 4.69) is 9.36 Å². The van der Waals surface area contributed by atoms with E-state index in [1.54, 1.807) is 16.7 Å². The molecule has 1 aromatic rings. The van der Waals surface area contributed by atoms with E-state index in [0.717, 1.165) is 24.4 Å². The second-order valence-electron chi connectivity index (χ2n) is 5.27. The third kappa shape index (κ3) is 3.06. The number of piperazine rings is 1. The molecule has 0 saturated carbocycles. The fraction of sp³-hybridized carbons (Fsp3) is 0.692. The van der Waals surface area contributed by atoms with Crippen molar-refractivity contribution < 1.29 is 14.3 Å². The summed E-state index contributed by atoms with van der Waals surface area (Å²) >= 11 is 1.13. The van der Waals surface area contributed by atoms with Gasteiger partial charge in [0.25, 0.3) is 11.8 Å². The average Bonchev–Trinajstić information content (AvgIpc) is 3.17. The number of aromatic nitrogens is 2. The molecule has 2 saturated heterocycles. The zero-order valence-corrected chi connectivity index (χ0v) is 12.8. The van der Waals surface area contributed by atoms with E-state index in [1.807, 2.05) is 0 Å². The normalized spacial score (nSPS) is 22.6. The van der Waals surface area contributed by atoms with Crippen LogP contribution in [0.25, 0.3) is 0 Å². The summed E-state index contributed by atoms with van der Waals surface area (Å²) in [5.41, 5.74) is 0. The van der Waals surface area contributed by atoms with Crippen molar-refractivity contribution >= 4 is 23.3 Å². The molecule has 2 amide bonds. The Morgan fingerprint density at radius 2 is 1.95 bits per heavy atom. The summed E-state index contributed by atoms with van der Waals surface area (Å²) in [4.78, 5) is 32.1. The van der Waals surface area contributed by atoms with Crippen molar-refractivity contribution in [3.63, 3.8) is 0 Å². The fourth-order valence-electron chi connectivity index (χ4n) is 2.63. The van der Waals surface area contributed by atoms with Crippen molar-refractivity contribution in [3.05, 3.63) is 10.8 Å². The molecule has 8 heteroatoms. The quantitative estimate of drug-likeness (QED) is 0.786. The summed E-state index contributed by atoms with van der Waals surface area (Å²) in [7, 11) is 0. The number of carbonyl (C=O) groups excluding carboxylic acids is 2. The van der Waals surface area contributed by atoms with Gasteiger partial charge in [-0.3, -0.25) is 9.59 Å². The lowest BCUT2D eigenvalue weighted by molar-refractivity contribution is -0.142. The van der Waals surface area contributed by atoms with Crippen molar-refractivity contribution in [2.75, 3.05) is 32.8 Å². The van der Waals surface area contributed by atoms with Crippen LogP contribution in [0.3, 0.4) is 0 Å². The summed E-state index contributed by atoms with van der Waals surface area (Å²) in [5.74, 6) is 0.590. The molecule has 0 spiro atoms. The topological polar surface area (TPSA) is 75.6 Å². The van der Waals surface area contributed by atoms with Crippen LogP contribution in [0, 0.1) is 6.92 Å². The smallest absolute Gasteiger partial charge is 0.284 e. The Balaban J connectivity index is 1.55. The number of rotatable bonds is 2. The van der Waals surface area contributed by atoms with Crippen molar-refractivity contribution in [2.45, 2.75) is 25.9 Å². The highest BCUT2D eigenvalue weighted by molar-refractivity contribution is 7.07. The van der Waals surface area contributed by atoms with E-state index in [1.165, 1.54) is 0 Å². The van der Waals surface area contributed by atoms with E-state index < -0.39 is 0 Å². The highest BCUT2D eigenvalue weighted by atomic mass is 32.1. The first-order valence-electron chi connectivity index (χ1n) is 7.15. The number of ether oxygens (including phenoxy) is 1. The molecule has 1 aromatic heterocycles. The molecule has 7 nitrogen and oxygen atoms in total. The number of nitrogens with zero attached hydrogens (tertiary/aromatic N) is 4. The molecule has 0 aromatic carbocycles. The van der Waals surface area contributed by atoms with Gasteiger partial charge >= 0.3 is 0 Å². The Kier molecular flexibility index (Phi) is 4.16. The predicted molar refractivity (Wildman–Crippen MR) is 76.1 cm³/mol. The van der Waals surface area contributed by atoms with E-state index in [9.17, 15) is 9.59 Å². The lowest BCUT2D eigenvalue weighted by Crippen LogP contribution is -2.52. The minimum atomic E-state index is -0.280. The maximum atomic E-state index is 12.3. The summed E-state index contributed by atoms with van der Waals surface area (Å²) in [6.45, 7) is 4.63. The second kappa shape index (κ2) is 6.07. The van der Waals surface area contributed by atoms with Crippen LogP contribution < -0.4 is 0 Å². The number of hydrogen-bond acceptors (Lipinski definition) is 6. The van der Waals surface area contributed by atoms with Gasteiger partial charge in [-0.2, -0.15) is 4.37 Å². The van der Waals surface area contributed by atoms with E-state index in [0.29, 0.717) is 43.6 Å². The largest absolute Gasteiger partial charge is 0.368 e. The molecule has 1 unspecified atom stereocenters. The van der Waals surface area contributed by atoms with Crippen LogP contribution in [0.15, 0.2) is 0 Å². The first-order chi connectivity index (χ1) is 10.1. The molecule has 114 valence electrons. The van der Waals surface area contributed by atoms with Crippen LogP contribution in [-0.4, -0.2) is 69.9 Å². The standard InChI is InChI=1S/C13H18N4O3S/c1-9-14-11(21-15-9)13(19)17-6-4-16(5-7-17)12(18)10-3-2-8-20-10/h10H,2-8H2,1H3. The molecule has 3 rings (SSSR count). The Morgan fingerprint density at radius 3 is 2.52 bits per heavy atom. The molecule has 0 bridgehead atoms. The highest BCUT2D eigenvalue weighted by Crippen LogP contribution is 2.17. The number of amides is 2. The summed E-state index contributed by atoms with van der Waals surface area (Å²) in [5, 5.41) is 0.423. The SMILES string of the molecule is Cc1nsc(C(=O)N2CCN(C(=O)C3CCCO3)CC2)n1. The molecule has 0 N–H and O–H groups in total. The molecule has 21 heavy (non-hydrogen) atoms. The van der Waals surface area contributed by atoms with Gasteiger partial charge in [-0.15, -0.1) is 0 Å². The lowest BCUT2D eigenvalue weighted by atomic mass is 10.2. The Hall–Kier alpha value is -1.54. The van der Waals surface area contributed by atoms with Gasteiger partial charge in [-0.25, -0.2) is 4.98 Å². The van der Waals surface area contributed by atoms with Crippen LogP contribution in [0.1, 0.15) is 28.5 Å². The molecular formula is C13H18N4O3S. The summed E-state index contributed by atoms with van der Waals surface area (Å²) in [6.07, 6.45) is 1.48. The third-order valence-electron chi connectivity index (χ3n) is 3.79. The molecule has 3 heterocycles. The van der Waals surface area contributed by atoms with Crippen molar-refractivity contribution in [2.24, 2.45) is 0 Å². The minimum absolute atomic E-state index is 0.0614. The maximum absolute atomic E-state index is 12.3. The van der Waals surface area contributed by atoms with Gasteiger partial charge in [-0.1, -0.05) is 0 Å². The van der Waals surface area contributed by atoms with Crippen molar-refractivity contribution in [1.82, 2.24) is 19.2 Å². The average molecular weight is 310 g/mol. The minimum Gasteiger partial charge on any atom is -0.368 e. The molecule has 0 aliphatic carbocycles. The van der Waals surface area contributed by atoms with Crippen LogP contribution >= 0.6 is 11.5 Å². The fourth-order valence-corrected chi connectivity index (χ4v) is 3.26. The van der Waals surface area contributed by atoms with Crippen LogP contribution in [0.4, 0.5) is 0 Å². The van der Waals surface area contributed by atoms with E-state index >= 15 is 0 Å². The zero-order chi connectivity index (χ0) is 14.8. The predicted octanol–water partition coefficient (Wildman–Crippen LogP) is 0.310. The van der Waals surface area contributed by atoms with Gasteiger partial charge in [-0.05, 0) is 31.3 Å².